The van der Waals surface area contributed by atoms with E-state index < -0.39 is 0 Å². The van der Waals surface area contributed by atoms with Gasteiger partial charge in [0.15, 0.2) is 0 Å². The molecule has 0 spiro atoms. The first-order valence-corrected chi connectivity index (χ1v) is 10.3. The number of rotatable bonds is 6. The Morgan fingerprint density at radius 1 is 0.774 bits per heavy atom. The Bertz CT molecular complexity index is 1200. The highest BCUT2D eigenvalue weighted by molar-refractivity contribution is 7.18. The highest BCUT2D eigenvalue weighted by Crippen LogP contribution is 2.26. The lowest BCUT2D eigenvalue weighted by atomic mass is 10.2. The van der Waals surface area contributed by atoms with Gasteiger partial charge in [-0.15, -0.1) is 10.2 Å². The Labute approximate surface area is 183 Å². The minimum Gasteiger partial charge on any atom is -0.323 e. The molecule has 152 valence electrons. The van der Waals surface area contributed by atoms with Crippen LogP contribution in [0.15, 0.2) is 91.0 Å². The summed E-state index contributed by atoms with van der Waals surface area (Å²) < 4.78 is 0. The van der Waals surface area contributed by atoms with E-state index in [1.54, 1.807) is 30.3 Å². The second-order valence-electron chi connectivity index (χ2n) is 6.54. The zero-order valence-electron chi connectivity index (χ0n) is 16.4. The van der Waals surface area contributed by atoms with Gasteiger partial charge in [0, 0.05) is 22.9 Å². The van der Waals surface area contributed by atoms with Crippen molar-refractivity contribution in [2.45, 2.75) is 0 Å². The quantitative estimate of drug-likeness (QED) is 0.420. The lowest BCUT2D eigenvalue weighted by Gasteiger charge is -2.04. The number of aromatic nitrogens is 2. The van der Waals surface area contributed by atoms with Gasteiger partial charge < -0.3 is 5.32 Å². The summed E-state index contributed by atoms with van der Waals surface area (Å²) in [5.74, 6) is -0.541. The van der Waals surface area contributed by atoms with Gasteiger partial charge in [-0.05, 0) is 35.9 Å². The number of hydrogen-bond acceptors (Lipinski definition) is 5. The number of anilines is 2. The molecule has 0 fully saturated rings. The third kappa shape index (κ3) is 5.49. The van der Waals surface area contributed by atoms with Gasteiger partial charge in [0.1, 0.15) is 5.01 Å². The van der Waals surface area contributed by atoms with Gasteiger partial charge in [-0.3, -0.25) is 14.9 Å². The normalized spacial score (nSPS) is 10.7. The van der Waals surface area contributed by atoms with Crippen LogP contribution in [0, 0.1) is 0 Å². The van der Waals surface area contributed by atoms with Crippen molar-refractivity contribution in [3.8, 4) is 10.6 Å². The molecular weight excluding hydrogens is 408 g/mol. The lowest BCUT2D eigenvalue weighted by Crippen LogP contribution is -2.12. The zero-order valence-corrected chi connectivity index (χ0v) is 17.2. The maximum Gasteiger partial charge on any atom is 0.257 e. The van der Waals surface area contributed by atoms with Gasteiger partial charge in [0.2, 0.25) is 11.0 Å². The molecule has 31 heavy (non-hydrogen) atoms. The molecule has 4 rings (SSSR count). The minimum atomic E-state index is -0.294. The van der Waals surface area contributed by atoms with Gasteiger partial charge >= 0.3 is 0 Å². The maximum absolute atomic E-state index is 12.5. The van der Waals surface area contributed by atoms with Gasteiger partial charge in [0.25, 0.3) is 5.91 Å². The summed E-state index contributed by atoms with van der Waals surface area (Å²) in [4.78, 5) is 24.6. The molecule has 0 aliphatic rings. The summed E-state index contributed by atoms with van der Waals surface area (Å²) in [6, 6.07) is 25.9. The van der Waals surface area contributed by atoms with E-state index in [1.807, 2.05) is 60.7 Å². The fourth-order valence-corrected chi connectivity index (χ4v) is 3.51. The van der Waals surface area contributed by atoms with E-state index in [9.17, 15) is 9.59 Å². The topological polar surface area (TPSA) is 84.0 Å². The second-order valence-corrected chi connectivity index (χ2v) is 7.52. The van der Waals surface area contributed by atoms with Crippen LogP contribution in [0.5, 0.6) is 0 Å². The van der Waals surface area contributed by atoms with Crippen LogP contribution in [-0.2, 0) is 4.79 Å². The van der Waals surface area contributed by atoms with Crippen LogP contribution in [0.3, 0.4) is 0 Å². The monoisotopic (exact) mass is 426 g/mol. The molecule has 0 saturated heterocycles. The molecule has 0 radical (unpaired) electrons. The number of nitrogens with one attached hydrogen (secondary N) is 2. The molecule has 2 N–H and O–H groups in total. The summed E-state index contributed by atoms with van der Waals surface area (Å²) in [5.41, 5.74) is 2.94. The molecule has 0 bridgehead atoms. The summed E-state index contributed by atoms with van der Waals surface area (Å²) >= 11 is 1.31. The zero-order chi connectivity index (χ0) is 21.5. The van der Waals surface area contributed by atoms with Crippen LogP contribution >= 0.6 is 11.3 Å². The van der Waals surface area contributed by atoms with Crippen LogP contribution in [0.25, 0.3) is 16.6 Å². The van der Waals surface area contributed by atoms with E-state index in [0.29, 0.717) is 16.4 Å². The fraction of sp³-hybridized carbons (Fsp3) is 0. The molecule has 0 saturated carbocycles. The maximum atomic E-state index is 12.5. The van der Waals surface area contributed by atoms with Crippen LogP contribution in [0.4, 0.5) is 10.8 Å². The van der Waals surface area contributed by atoms with Crippen molar-refractivity contribution in [3.63, 3.8) is 0 Å². The molecule has 0 aliphatic heterocycles. The number of nitrogens with zero attached hydrogens (tertiary/aromatic N) is 2. The molecule has 0 aliphatic carbocycles. The number of benzene rings is 3. The predicted molar refractivity (Wildman–Crippen MR) is 124 cm³/mol. The van der Waals surface area contributed by atoms with Crippen molar-refractivity contribution in [1.29, 1.82) is 0 Å². The fourth-order valence-electron chi connectivity index (χ4n) is 2.77. The SMILES string of the molecule is O=C(/C=C/c1ccccc1)Nc1ccc(C(=O)Nc2nnc(-c3ccccc3)s2)cc1. The average molecular weight is 427 g/mol. The highest BCUT2D eigenvalue weighted by Gasteiger charge is 2.11. The van der Waals surface area contributed by atoms with E-state index in [4.69, 9.17) is 0 Å². The largest absolute Gasteiger partial charge is 0.323 e. The first kappa shape index (κ1) is 20.2. The van der Waals surface area contributed by atoms with E-state index in [0.717, 1.165) is 16.1 Å². The molecule has 4 aromatic rings. The third-order valence-electron chi connectivity index (χ3n) is 4.31. The van der Waals surface area contributed by atoms with Crippen LogP contribution in [-0.4, -0.2) is 22.0 Å². The molecule has 1 aromatic heterocycles. The summed E-state index contributed by atoms with van der Waals surface area (Å²) in [6.07, 6.45) is 3.21. The Kier molecular flexibility index (Phi) is 6.25. The van der Waals surface area contributed by atoms with Crippen molar-refractivity contribution in [2.24, 2.45) is 0 Å². The third-order valence-corrected chi connectivity index (χ3v) is 5.20. The van der Waals surface area contributed by atoms with Gasteiger partial charge in [-0.2, -0.15) is 0 Å². The van der Waals surface area contributed by atoms with Crippen LogP contribution in [0.1, 0.15) is 15.9 Å². The Morgan fingerprint density at radius 3 is 2.16 bits per heavy atom. The van der Waals surface area contributed by atoms with E-state index in [2.05, 4.69) is 20.8 Å². The number of amides is 2. The molecule has 6 nitrogen and oxygen atoms in total. The highest BCUT2D eigenvalue weighted by atomic mass is 32.1. The summed E-state index contributed by atoms with van der Waals surface area (Å²) in [6.45, 7) is 0. The Morgan fingerprint density at radius 2 is 1.45 bits per heavy atom. The molecule has 2 amide bonds. The van der Waals surface area contributed by atoms with Crippen molar-refractivity contribution in [2.75, 3.05) is 10.6 Å². The van der Waals surface area contributed by atoms with Crippen LogP contribution in [0.2, 0.25) is 0 Å². The Balaban J connectivity index is 1.34. The second kappa shape index (κ2) is 9.60. The summed E-state index contributed by atoms with van der Waals surface area (Å²) in [5, 5.41) is 14.8. The number of carbonyl (C=O) groups excluding carboxylic acids is 2. The molecule has 1 heterocycles. The predicted octanol–water partition coefficient (Wildman–Crippen LogP) is 5.11. The van der Waals surface area contributed by atoms with E-state index in [-0.39, 0.29) is 11.8 Å². The van der Waals surface area contributed by atoms with Gasteiger partial charge in [0.05, 0.1) is 0 Å². The standard InChI is InChI=1S/C24H18N4O2S/c29-21(16-11-17-7-3-1-4-8-17)25-20-14-12-18(13-15-20)22(30)26-24-28-27-23(31-24)19-9-5-2-6-10-19/h1-16H,(H,25,29)(H,26,28,30)/b16-11+. The molecule has 0 atom stereocenters. The van der Waals surface area contributed by atoms with Crippen molar-refractivity contribution in [1.82, 2.24) is 10.2 Å². The van der Waals surface area contributed by atoms with E-state index in [1.165, 1.54) is 17.4 Å². The molecular formula is C24H18N4O2S. The lowest BCUT2D eigenvalue weighted by molar-refractivity contribution is -0.111. The molecule has 0 unspecified atom stereocenters. The van der Waals surface area contributed by atoms with Crippen LogP contribution < -0.4 is 10.6 Å². The smallest absolute Gasteiger partial charge is 0.257 e. The van der Waals surface area contributed by atoms with Crippen molar-refractivity contribution >= 4 is 40.0 Å². The van der Waals surface area contributed by atoms with E-state index >= 15 is 0 Å². The Hall–Kier alpha value is -4.10. The summed E-state index contributed by atoms with van der Waals surface area (Å²) in [7, 11) is 0. The van der Waals surface area contributed by atoms with Gasteiger partial charge in [-0.1, -0.05) is 72.0 Å². The van der Waals surface area contributed by atoms with Crippen molar-refractivity contribution in [3.05, 3.63) is 102 Å². The number of carbonyl (C=O) groups is 2. The first-order valence-electron chi connectivity index (χ1n) is 9.52. The number of hydrogen-bond donors (Lipinski definition) is 2. The first-order chi connectivity index (χ1) is 15.2. The molecule has 3 aromatic carbocycles. The molecule has 7 heteroatoms. The van der Waals surface area contributed by atoms with Crippen molar-refractivity contribution < 1.29 is 9.59 Å². The average Bonchev–Trinajstić information content (AvgIpc) is 3.28. The minimum absolute atomic E-state index is 0.247. The van der Waals surface area contributed by atoms with Gasteiger partial charge in [-0.25, -0.2) is 0 Å².